The Balaban J connectivity index is 2.73. The molecule has 1 aromatic heterocycles. The van der Waals surface area contributed by atoms with Crippen LogP contribution >= 0.6 is 0 Å². The van der Waals surface area contributed by atoms with Gasteiger partial charge in [-0.2, -0.15) is 5.10 Å². The maximum atomic E-state index is 6.06. The predicted octanol–water partition coefficient (Wildman–Crippen LogP) is 2.66. The summed E-state index contributed by atoms with van der Waals surface area (Å²) < 4.78 is 1.84. The molecule has 17 heavy (non-hydrogen) atoms. The van der Waals surface area contributed by atoms with Crippen molar-refractivity contribution in [2.75, 3.05) is 17.6 Å². The van der Waals surface area contributed by atoms with Crippen molar-refractivity contribution in [3.05, 3.63) is 5.69 Å². The van der Waals surface area contributed by atoms with Crippen LogP contribution in [0.2, 0.25) is 0 Å². The maximum absolute atomic E-state index is 6.06. The van der Waals surface area contributed by atoms with Gasteiger partial charge in [-0.3, -0.25) is 4.68 Å². The van der Waals surface area contributed by atoms with E-state index in [2.05, 4.69) is 45.0 Å². The molecule has 1 unspecified atom stereocenters. The first-order valence-corrected chi connectivity index (χ1v) is 6.32. The highest BCUT2D eigenvalue weighted by molar-refractivity contribution is 5.64. The molecule has 98 valence electrons. The normalized spacial score (nSPS) is 13.8. The lowest BCUT2D eigenvalue weighted by Gasteiger charge is -2.27. The van der Waals surface area contributed by atoms with Crippen molar-refractivity contribution in [1.82, 2.24) is 9.78 Å². The van der Waals surface area contributed by atoms with Crippen LogP contribution in [0.3, 0.4) is 0 Å². The van der Waals surface area contributed by atoms with E-state index in [1.165, 1.54) is 0 Å². The van der Waals surface area contributed by atoms with Gasteiger partial charge in [0, 0.05) is 13.6 Å². The summed E-state index contributed by atoms with van der Waals surface area (Å²) in [4.78, 5) is 0. The van der Waals surface area contributed by atoms with Crippen molar-refractivity contribution < 1.29 is 0 Å². The topological polar surface area (TPSA) is 55.9 Å². The number of hydrogen-bond acceptors (Lipinski definition) is 3. The minimum atomic E-state index is 0.300. The van der Waals surface area contributed by atoms with Crippen molar-refractivity contribution in [3.63, 3.8) is 0 Å². The SMILES string of the molecule is CCc1nn(C)c(NCC(C)C(C)(C)C)c1N. The van der Waals surface area contributed by atoms with E-state index >= 15 is 0 Å². The number of hydrogen-bond donors (Lipinski definition) is 2. The van der Waals surface area contributed by atoms with Crippen molar-refractivity contribution in [3.8, 4) is 0 Å². The van der Waals surface area contributed by atoms with E-state index in [9.17, 15) is 0 Å². The Hall–Kier alpha value is -1.19. The van der Waals surface area contributed by atoms with Crippen molar-refractivity contribution in [2.24, 2.45) is 18.4 Å². The molecule has 3 N–H and O–H groups in total. The van der Waals surface area contributed by atoms with Gasteiger partial charge in [-0.25, -0.2) is 0 Å². The summed E-state index contributed by atoms with van der Waals surface area (Å²) in [6.07, 6.45) is 0.871. The zero-order chi connectivity index (χ0) is 13.2. The minimum Gasteiger partial charge on any atom is -0.394 e. The molecule has 0 spiro atoms. The van der Waals surface area contributed by atoms with Crippen molar-refractivity contribution in [1.29, 1.82) is 0 Å². The Morgan fingerprint density at radius 1 is 1.41 bits per heavy atom. The smallest absolute Gasteiger partial charge is 0.147 e. The fraction of sp³-hybridized carbons (Fsp3) is 0.769. The predicted molar refractivity (Wildman–Crippen MR) is 74.1 cm³/mol. The summed E-state index contributed by atoms with van der Waals surface area (Å²) in [5.74, 6) is 1.51. The number of rotatable bonds is 4. The lowest BCUT2D eigenvalue weighted by molar-refractivity contribution is 0.274. The average Bonchev–Trinajstić information content (AvgIpc) is 2.49. The number of aromatic nitrogens is 2. The second kappa shape index (κ2) is 4.98. The first kappa shape index (κ1) is 13.9. The highest BCUT2D eigenvalue weighted by Crippen LogP contribution is 2.27. The zero-order valence-electron chi connectivity index (χ0n) is 12.0. The Bertz CT molecular complexity index is 374. The molecule has 4 heteroatoms. The Morgan fingerprint density at radius 2 is 2.00 bits per heavy atom. The summed E-state index contributed by atoms with van der Waals surface area (Å²) in [6, 6.07) is 0. The Kier molecular flexibility index (Phi) is 4.07. The fourth-order valence-corrected chi connectivity index (χ4v) is 1.62. The third kappa shape index (κ3) is 3.14. The summed E-state index contributed by atoms with van der Waals surface area (Å²) in [5, 5.41) is 7.82. The molecule has 0 radical (unpaired) electrons. The van der Waals surface area contributed by atoms with Crippen LogP contribution in [0.25, 0.3) is 0 Å². The van der Waals surface area contributed by atoms with E-state index in [1.807, 2.05) is 11.7 Å². The van der Waals surface area contributed by atoms with E-state index in [-0.39, 0.29) is 0 Å². The number of nitrogens with one attached hydrogen (secondary N) is 1. The van der Waals surface area contributed by atoms with Crippen LogP contribution in [0.1, 0.15) is 40.3 Å². The molecule has 0 amide bonds. The lowest BCUT2D eigenvalue weighted by atomic mass is 9.82. The van der Waals surface area contributed by atoms with Gasteiger partial charge < -0.3 is 11.1 Å². The van der Waals surface area contributed by atoms with Gasteiger partial charge in [-0.15, -0.1) is 0 Å². The van der Waals surface area contributed by atoms with E-state index in [0.717, 1.165) is 30.2 Å². The van der Waals surface area contributed by atoms with Crippen LogP contribution in [0.4, 0.5) is 11.5 Å². The molecule has 1 atom stereocenters. The zero-order valence-corrected chi connectivity index (χ0v) is 12.0. The van der Waals surface area contributed by atoms with Gasteiger partial charge in [0.2, 0.25) is 0 Å². The molecule has 0 bridgehead atoms. The molecule has 1 aromatic rings. The van der Waals surface area contributed by atoms with Gasteiger partial charge in [0.05, 0.1) is 11.4 Å². The molecule has 1 rings (SSSR count). The van der Waals surface area contributed by atoms with Crippen LogP contribution < -0.4 is 11.1 Å². The maximum Gasteiger partial charge on any atom is 0.147 e. The highest BCUT2D eigenvalue weighted by Gasteiger charge is 2.20. The number of nitrogen functional groups attached to an aromatic ring is 1. The van der Waals surface area contributed by atoms with Gasteiger partial charge in [0.1, 0.15) is 5.82 Å². The third-order valence-corrected chi connectivity index (χ3v) is 3.55. The molecule has 0 saturated carbocycles. The summed E-state index contributed by atoms with van der Waals surface area (Å²) in [6.45, 7) is 12.0. The van der Waals surface area contributed by atoms with Gasteiger partial charge in [0.25, 0.3) is 0 Å². The van der Waals surface area contributed by atoms with Gasteiger partial charge in [-0.05, 0) is 17.8 Å². The van der Waals surface area contributed by atoms with Crippen molar-refractivity contribution in [2.45, 2.75) is 41.0 Å². The molecule has 0 saturated heterocycles. The molecular formula is C13H26N4. The van der Waals surface area contributed by atoms with Crippen LogP contribution in [0.5, 0.6) is 0 Å². The first-order valence-electron chi connectivity index (χ1n) is 6.32. The standard InChI is InChI=1S/C13H26N4/c1-7-10-11(14)12(17(6)16-10)15-8-9(2)13(3,4)5/h9,15H,7-8,14H2,1-6H3. The number of nitrogens with zero attached hydrogens (tertiary/aromatic N) is 2. The largest absolute Gasteiger partial charge is 0.394 e. The second-order valence-corrected chi connectivity index (χ2v) is 5.83. The van der Waals surface area contributed by atoms with Gasteiger partial charge in [-0.1, -0.05) is 34.6 Å². The summed E-state index contributed by atoms with van der Waals surface area (Å²) in [7, 11) is 1.93. The van der Waals surface area contributed by atoms with E-state index in [4.69, 9.17) is 5.73 Å². The molecule has 0 aliphatic heterocycles. The number of anilines is 2. The monoisotopic (exact) mass is 238 g/mol. The van der Waals surface area contributed by atoms with E-state index in [0.29, 0.717) is 11.3 Å². The quantitative estimate of drug-likeness (QED) is 0.848. The molecule has 0 aliphatic rings. The van der Waals surface area contributed by atoms with Crippen LogP contribution in [-0.4, -0.2) is 16.3 Å². The number of aryl methyl sites for hydroxylation is 2. The fourth-order valence-electron chi connectivity index (χ4n) is 1.62. The second-order valence-electron chi connectivity index (χ2n) is 5.83. The molecule has 4 nitrogen and oxygen atoms in total. The van der Waals surface area contributed by atoms with Crippen molar-refractivity contribution >= 4 is 11.5 Å². The van der Waals surface area contributed by atoms with E-state index in [1.54, 1.807) is 0 Å². The van der Waals surface area contributed by atoms with E-state index < -0.39 is 0 Å². The molecule has 0 aliphatic carbocycles. The highest BCUT2D eigenvalue weighted by atomic mass is 15.3. The Labute approximate surface area is 105 Å². The molecule has 0 fully saturated rings. The first-order chi connectivity index (χ1) is 7.77. The van der Waals surface area contributed by atoms with Crippen LogP contribution in [0.15, 0.2) is 0 Å². The summed E-state index contributed by atoms with van der Waals surface area (Å²) in [5.41, 5.74) is 8.12. The Morgan fingerprint density at radius 3 is 2.41 bits per heavy atom. The van der Waals surface area contributed by atoms with Gasteiger partial charge in [0.15, 0.2) is 0 Å². The van der Waals surface area contributed by atoms with Crippen LogP contribution in [0, 0.1) is 11.3 Å². The lowest BCUT2D eigenvalue weighted by Crippen LogP contribution is -2.25. The minimum absolute atomic E-state index is 0.300. The average molecular weight is 238 g/mol. The molecular weight excluding hydrogens is 212 g/mol. The van der Waals surface area contributed by atoms with Crippen LogP contribution in [-0.2, 0) is 13.5 Å². The third-order valence-electron chi connectivity index (χ3n) is 3.55. The number of nitrogens with two attached hydrogens (primary N) is 1. The molecule has 1 heterocycles. The summed E-state index contributed by atoms with van der Waals surface area (Å²) >= 11 is 0. The molecule has 0 aromatic carbocycles. The van der Waals surface area contributed by atoms with Gasteiger partial charge >= 0.3 is 0 Å².